The van der Waals surface area contributed by atoms with Crippen LogP contribution in [0.25, 0.3) is 0 Å². The molecule has 0 aliphatic carbocycles. The first-order chi connectivity index (χ1) is 13.3. The Kier molecular flexibility index (Phi) is 7.38. The number of aliphatic carboxylic acids is 1. The van der Waals surface area contributed by atoms with Gasteiger partial charge in [-0.05, 0) is 31.2 Å². The highest BCUT2D eigenvalue weighted by Gasteiger charge is 2.29. The van der Waals surface area contributed by atoms with E-state index < -0.39 is 28.1 Å². The lowest BCUT2D eigenvalue weighted by molar-refractivity contribution is -0.139. The fourth-order valence-corrected chi connectivity index (χ4v) is 4.07. The Morgan fingerprint density at radius 1 is 1.14 bits per heavy atom. The number of para-hydroxylation sites is 2. The van der Waals surface area contributed by atoms with Crippen LogP contribution in [-0.2, 0) is 14.8 Å². The monoisotopic (exact) mass is 408 g/mol. The number of benzene rings is 2. The van der Waals surface area contributed by atoms with Crippen molar-refractivity contribution in [3.63, 3.8) is 0 Å². The molecular formula is C19H24N2O6S. The van der Waals surface area contributed by atoms with Gasteiger partial charge in [0.15, 0.2) is 0 Å². The van der Waals surface area contributed by atoms with Crippen molar-refractivity contribution in [1.29, 1.82) is 0 Å². The number of carboxylic acids is 1. The third-order valence-corrected chi connectivity index (χ3v) is 5.89. The van der Waals surface area contributed by atoms with E-state index in [0.717, 1.165) is 4.31 Å². The summed E-state index contributed by atoms with van der Waals surface area (Å²) in [6, 6.07) is 13.6. The molecule has 3 N–H and O–H groups in total. The molecule has 0 radical (unpaired) electrons. The van der Waals surface area contributed by atoms with E-state index in [1.165, 1.54) is 26.2 Å². The van der Waals surface area contributed by atoms with Crippen LogP contribution in [0.1, 0.15) is 6.92 Å². The number of nitrogens with zero attached hydrogens (tertiary/aromatic N) is 1. The molecule has 2 rings (SSSR count). The number of carboxylic acid groups (broad SMARTS) is 1. The fraction of sp³-hybridized carbons (Fsp3) is 0.316. The molecule has 2 atom stereocenters. The third kappa shape index (κ3) is 5.22. The number of methoxy groups -OCH3 is 1. The first kappa shape index (κ1) is 21.7. The van der Waals surface area contributed by atoms with Gasteiger partial charge in [-0.25, -0.2) is 8.42 Å². The molecule has 9 heteroatoms. The lowest BCUT2D eigenvalue weighted by Gasteiger charge is -2.28. The maximum Gasteiger partial charge on any atom is 0.320 e. The summed E-state index contributed by atoms with van der Waals surface area (Å²) in [5.74, 6) is -0.730. The topological polar surface area (TPSA) is 116 Å². The second-order valence-electron chi connectivity index (χ2n) is 6.14. The highest BCUT2D eigenvalue weighted by atomic mass is 32.2. The minimum atomic E-state index is -3.99. The summed E-state index contributed by atoms with van der Waals surface area (Å²) in [5, 5.41) is 22.0. The second-order valence-corrected chi connectivity index (χ2v) is 8.01. The normalized spacial score (nSPS) is 13.5. The predicted molar refractivity (Wildman–Crippen MR) is 105 cm³/mol. The van der Waals surface area contributed by atoms with E-state index >= 15 is 0 Å². The summed E-state index contributed by atoms with van der Waals surface area (Å²) < 4.78 is 32.8. The minimum absolute atomic E-state index is 0.0694. The fourth-order valence-electron chi connectivity index (χ4n) is 2.54. The highest BCUT2D eigenvalue weighted by molar-refractivity contribution is 7.92. The summed E-state index contributed by atoms with van der Waals surface area (Å²) in [5.41, 5.74) is 0.277. The zero-order valence-electron chi connectivity index (χ0n) is 15.6. The molecule has 2 aromatic carbocycles. The molecule has 0 unspecified atom stereocenters. The van der Waals surface area contributed by atoms with Crippen LogP contribution >= 0.6 is 0 Å². The van der Waals surface area contributed by atoms with E-state index in [2.05, 4.69) is 5.32 Å². The number of aliphatic hydroxyl groups is 1. The molecule has 0 spiro atoms. The van der Waals surface area contributed by atoms with Crippen molar-refractivity contribution in [3.8, 4) is 5.75 Å². The van der Waals surface area contributed by atoms with Crippen LogP contribution in [0, 0.1) is 0 Å². The van der Waals surface area contributed by atoms with E-state index in [0.29, 0.717) is 5.75 Å². The number of carbonyl (C=O) groups is 1. The zero-order chi connectivity index (χ0) is 20.7. The van der Waals surface area contributed by atoms with Crippen LogP contribution in [0.3, 0.4) is 0 Å². The molecule has 0 aliphatic rings. The summed E-state index contributed by atoms with van der Waals surface area (Å²) in [6.45, 7) is 1.06. The van der Waals surface area contributed by atoms with Gasteiger partial charge in [0, 0.05) is 6.54 Å². The molecule has 2 aromatic rings. The average Bonchev–Trinajstić information content (AvgIpc) is 2.70. The molecule has 0 saturated carbocycles. The Balaban J connectivity index is 2.36. The van der Waals surface area contributed by atoms with Crippen LogP contribution in [0.2, 0.25) is 0 Å². The van der Waals surface area contributed by atoms with Gasteiger partial charge in [-0.3, -0.25) is 9.10 Å². The number of hydrogen-bond donors (Lipinski definition) is 3. The van der Waals surface area contributed by atoms with E-state index in [9.17, 15) is 18.3 Å². The number of aliphatic hydroxyl groups excluding tert-OH is 1. The second kappa shape index (κ2) is 9.54. The summed E-state index contributed by atoms with van der Waals surface area (Å²) in [4.78, 5) is 11.0. The van der Waals surface area contributed by atoms with Crippen molar-refractivity contribution in [2.45, 2.75) is 24.0 Å². The van der Waals surface area contributed by atoms with Gasteiger partial charge in [0.05, 0.1) is 30.3 Å². The lowest BCUT2D eigenvalue weighted by Crippen LogP contribution is -2.45. The van der Waals surface area contributed by atoms with Crippen molar-refractivity contribution >= 4 is 21.7 Å². The largest absolute Gasteiger partial charge is 0.495 e. The summed E-state index contributed by atoms with van der Waals surface area (Å²) in [6.07, 6.45) is -1.15. The molecule has 0 bridgehead atoms. The number of rotatable bonds is 10. The van der Waals surface area contributed by atoms with Crippen molar-refractivity contribution < 1.29 is 28.2 Å². The van der Waals surface area contributed by atoms with Crippen LogP contribution in [0.5, 0.6) is 5.75 Å². The van der Waals surface area contributed by atoms with Gasteiger partial charge in [0.2, 0.25) is 0 Å². The van der Waals surface area contributed by atoms with Crippen molar-refractivity contribution in [2.75, 3.05) is 24.5 Å². The van der Waals surface area contributed by atoms with Gasteiger partial charge < -0.3 is 20.3 Å². The Bertz CT molecular complexity index is 888. The third-order valence-electron chi connectivity index (χ3n) is 4.09. The number of sulfonamides is 1. The van der Waals surface area contributed by atoms with Crippen LogP contribution < -0.4 is 14.4 Å². The molecule has 0 amide bonds. The Morgan fingerprint density at radius 3 is 2.36 bits per heavy atom. The van der Waals surface area contributed by atoms with E-state index in [1.807, 2.05) is 0 Å². The van der Waals surface area contributed by atoms with Gasteiger partial charge in [-0.1, -0.05) is 30.3 Å². The number of anilines is 1. The number of hydrogen-bond acceptors (Lipinski definition) is 6. The van der Waals surface area contributed by atoms with Crippen LogP contribution in [0.4, 0.5) is 5.69 Å². The average molecular weight is 408 g/mol. The first-order valence-corrected chi connectivity index (χ1v) is 10.1. The molecule has 152 valence electrons. The minimum Gasteiger partial charge on any atom is -0.495 e. The summed E-state index contributed by atoms with van der Waals surface area (Å²) in [7, 11) is -2.56. The van der Waals surface area contributed by atoms with Gasteiger partial charge in [0.25, 0.3) is 10.0 Å². The van der Waals surface area contributed by atoms with Gasteiger partial charge >= 0.3 is 5.97 Å². The zero-order valence-corrected chi connectivity index (χ0v) is 16.5. The number of ether oxygens (including phenoxy) is 1. The molecular weight excluding hydrogens is 384 g/mol. The van der Waals surface area contributed by atoms with Crippen molar-refractivity contribution in [2.24, 2.45) is 0 Å². The Hall–Kier alpha value is -2.62. The number of nitrogens with one attached hydrogen (secondary N) is 1. The molecule has 0 saturated heterocycles. The van der Waals surface area contributed by atoms with Gasteiger partial charge in [0.1, 0.15) is 11.8 Å². The molecule has 0 heterocycles. The SMILES string of the molecule is COc1ccccc1N(C[C@@H](O)CN[C@@H](C)C(=O)O)S(=O)(=O)c1ccccc1. The Labute approximate surface area is 164 Å². The van der Waals surface area contributed by atoms with Crippen LogP contribution in [-0.4, -0.2) is 56.9 Å². The maximum atomic E-state index is 13.2. The first-order valence-electron chi connectivity index (χ1n) is 8.62. The summed E-state index contributed by atoms with van der Waals surface area (Å²) >= 11 is 0. The Morgan fingerprint density at radius 2 is 1.75 bits per heavy atom. The predicted octanol–water partition coefficient (Wildman–Crippen LogP) is 1.31. The highest BCUT2D eigenvalue weighted by Crippen LogP contribution is 2.32. The smallest absolute Gasteiger partial charge is 0.320 e. The maximum absolute atomic E-state index is 13.2. The quantitative estimate of drug-likeness (QED) is 0.543. The standard InChI is InChI=1S/C19H24N2O6S/c1-14(19(23)24)20-12-15(22)13-21(17-10-6-7-11-18(17)27-2)28(25,26)16-8-4-3-5-9-16/h3-11,14-15,20,22H,12-13H2,1-2H3,(H,23,24)/t14-,15-/m0/s1. The molecule has 8 nitrogen and oxygen atoms in total. The van der Waals surface area contributed by atoms with Crippen molar-refractivity contribution in [1.82, 2.24) is 5.32 Å². The van der Waals surface area contributed by atoms with E-state index in [-0.39, 0.29) is 23.7 Å². The van der Waals surface area contributed by atoms with Crippen LogP contribution in [0.15, 0.2) is 59.5 Å². The molecule has 0 aliphatic heterocycles. The van der Waals surface area contributed by atoms with E-state index in [4.69, 9.17) is 9.84 Å². The van der Waals surface area contributed by atoms with Gasteiger partial charge in [-0.15, -0.1) is 0 Å². The molecule has 28 heavy (non-hydrogen) atoms. The molecule has 0 aromatic heterocycles. The van der Waals surface area contributed by atoms with Gasteiger partial charge in [-0.2, -0.15) is 0 Å². The van der Waals surface area contributed by atoms with E-state index in [1.54, 1.807) is 42.5 Å². The molecule has 0 fully saturated rings. The van der Waals surface area contributed by atoms with Crippen molar-refractivity contribution in [3.05, 3.63) is 54.6 Å². The lowest BCUT2D eigenvalue weighted by atomic mass is 10.2.